The molecule has 35 heavy (non-hydrogen) atoms. The van der Waals surface area contributed by atoms with E-state index in [1.165, 1.54) is 16.0 Å². The Morgan fingerprint density at radius 3 is 2.69 bits per heavy atom. The highest BCUT2D eigenvalue weighted by Gasteiger charge is 2.32. The molecule has 0 bridgehead atoms. The molecule has 0 fully saturated rings. The third-order valence-corrected chi connectivity index (χ3v) is 8.36. The van der Waals surface area contributed by atoms with E-state index in [1.54, 1.807) is 11.3 Å². The van der Waals surface area contributed by atoms with Crippen LogP contribution >= 0.6 is 35.2 Å². The van der Waals surface area contributed by atoms with Crippen LogP contribution in [-0.2, 0) is 19.5 Å². The normalized spacial score (nSPS) is 14.5. The van der Waals surface area contributed by atoms with Gasteiger partial charge >= 0.3 is 0 Å². The van der Waals surface area contributed by atoms with Crippen molar-refractivity contribution in [1.29, 1.82) is 0 Å². The van der Waals surface area contributed by atoms with Gasteiger partial charge in [-0.2, -0.15) is 0 Å². The highest BCUT2D eigenvalue weighted by atomic mass is 35.5. The van der Waals surface area contributed by atoms with E-state index in [2.05, 4.69) is 56.2 Å². The smallest absolute Gasteiger partial charge is 0.173 e. The van der Waals surface area contributed by atoms with Crippen molar-refractivity contribution in [2.75, 3.05) is 11.9 Å². The molecule has 176 valence electrons. The van der Waals surface area contributed by atoms with Crippen LogP contribution in [0, 0.1) is 13.8 Å². The van der Waals surface area contributed by atoms with E-state index >= 15 is 0 Å². The Labute approximate surface area is 218 Å². The third kappa shape index (κ3) is 3.95. The molecule has 2 aromatic carbocycles. The lowest BCUT2D eigenvalue weighted by Crippen LogP contribution is -2.38. The zero-order chi connectivity index (χ0) is 24.1. The van der Waals surface area contributed by atoms with Crippen molar-refractivity contribution in [3.8, 4) is 5.00 Å². The second kappa shape index (κ2) is 8.86. The number of halogens is 1. The molecule has 1 N–H and O–H groups in total. The SMILES string of the molecule is Cc1ccc(NC(=S)N2CCc3c(sc4c3C(c3ccccc3Cl)=NCc3nnc(C)n3-4)C2)cc1. The van der Waals surface area contributed by atoms with E-state index in [0.717, 1.165) is 63.8 Å². The molecule has 6 nitrogen and oxygen atoms in total. The fourth-order valence-electron chi connectivity index (χ4n) is 4.68. The van der Waals surface area contributed by atoms with Crippen LogP contribution in [-0.4, -0.2) is 37.0 Å². The van der Waals surface area contributed by atoms with E-state index in [9.17, 15) is 0 Å². The van der Waals surface area contributed by atoms with Crippen LogP contribution in [0.3, 0.4) is 0 Å². The first-order chi connectivity index (χ1) is 17.0. The Morgan fingerprint density at radius 2 is 1.89 bits per heavy atom. The van der Waals surface area contributed by atoms with Crippen LogP contribution in [0.2, 0.25) is 5.02 Å². The average Bonchev–Trinajstić information content (AvgIpc) is 3.36. The van der Waals surface area contributed by atoms with Crippen LogP contribution in [0.5, 0.6) is 0 Å². The number of aliphatic imine (C=N–C) groups is 1. The van der Waals surface area contributed by atoms with E-state index in [1.807, 2.05) is 31.2 Å². The average molecular weight is 519 g/mol. The van der Waals surface area contributed by atoms with Crippen LogP contribution in [0.1, 0.15) is 38.8 Å². The molecule has 4 aromatic rings. The topological polar surface area (TPSA) is 58.3 Å². The summed E-state index contributed by atoms with van der Waals surface area (Å²) in [5.41, 5.74) is 6.58. The Kier molecular flexibility index (Phi) is 5.67. The number of thiocarbonyl (C=S) groups is 1. The monoisotopic (exact) mass is 518 g/mol. The van der Waals surface area contributed by atoms with Gasteiger partial charge in [0.2, 0.25) is 0 Å². The maximum atomic E-state index is 6.65. The molecule has 0 atom stereocenters. The summed E-state index contributed by atoms with van der Waals surface area (Å²) in [6, 6.07) is 16.2. The maximum Gasteiger partial charge on any atom is 0.173 e. The van der Waals surface area contributed by atoms with Crippen molar-refractivity contribution in [2.24, 2.45) is 4.99 Å². The zero-order valence-corrected chi connectivity index (χ0v) is 21.8. The molecule has 2 aliphatic heterocycles. The minimum atomic E-state index is 0.467. The second-order valence-corrected chi connectivity index (χ2v) is 10.7. The van der Waals surface area contributed by atoms with E-state index < -0.39 is 0 Å². The predicted molar refractivity (Wildman–Crippen MR) is 146 cm³/mol. The number of fused-ring (bicyclic) bond motifs is 5. The first-order valence-corrected chi connectivity index (χ1v) is 13.1. The summed E-state index contributed by atoms with van der Waals surface area (Å²) < 4.78 is 2.15. The standard InChI is InChI=1S/C26H23ClN6S2/c1-15-7-9-17(10-8-15)29-26(34)32-12-11-19-21(14-32)35-25-23(19)24(18-5-3-4-6-20(18)27)28-13-22-31-30-16(2)33(22)25/h3-10H,11-14H2,1-2H3,(H,29,34). The fraction of sp³-hybridized carbons (Fsp3) is 0.231. The summed E-state index contributed by atoms with van der Waals surface area (Å²) in [7, 11) is 0. The summed E-state index contributed by atoms with van der Waals surface area (Å²) in [5.74, 6) is 1.71. The quantitative estimate of drug-likeness (QED) is 0.345. The predicted octanol–water partition coefficient (Wildman–Crippen LogP) is 5.71. The molecule has 2 aromatic heterocycles. The Bertz CT molecular complexity index is 1480. The fourth-order valence-corrected chi connectivity index (χ4v) is 6.61. The number of nitrogens with one attached hydrogen (secondary N) is 1. The Balaban J connectivity index is 1.40. The maximum absolute atomic E-state index is 6.65. The van der Waals surface area contributed by atoms with Crippen LogP contribution < -0.4 is 5.32 Å². The van der Waals surface area contributed by atoms with Gasteiger partial charge in [-0.15, -0.1) is 21.5 Å². The number of aromatic nitrogens is 3. The molecule has 4 heterocycles. The molecule has 0 saturated heterocycles. The van der Waals surface area contributed by atoms with Crippen molar-refractivity contribution in [1.82, 2.24) is 19.7 Å². The second-order valence-electron chi connectivity index (χ2n) is 8.80. The number of rotatable bonds is 2. The van der Waals surface area contributed by atoms with Crippen LogP contribution in [0.15, 0.2) is 53.5 Å². The number of aryl methyl sites for hydroxylation is 2. The Morgan fingerprint density at radius 1 is 1.09 bits per heavy atom. The number of anilines is 1. The number of thiophene rings is 1. The summed E-state index contributed by atoms with van der Waals surface area (Å²) in [5, 5.41) is 14.7. The van der Waals surface area contributed by atoms with E-state index in [4.69, 9.17) is 28.8 Å². The molecular weight excluding hydrogens is 496 g/mol. The van der Waals surface area contributed by atoms with Crippen molar-refractivity contribution in [3.05, 3.63) is 92.3 Å². The van der Waals surface area contributed by atoms with Gasteiger partial charge in [-0.05, 0) is 56.2 Å². The molecule has 9 heteroatoms. The first kappa shape index (κ1) is 22.4. The van der Waals surface area contributed by atoms with Crippen LogP contribution in [0.4, 0.5) is 5.69 Å². The van der Waals surface area contributed by atoms with Crippen molar-refractivity contribution >= 4 is 51.7 Å². The van der Waals surface area contributed by atoms with E-state index in [-0.39, 0.29) is 0 Å². The van der Waals surface area contributed by atoms with Gasteiger partial charge < -0.3 is 10.2 Å². The van der Waals surface area contributed by atoms with Gasteiger partial charge in [0, 0.05) is 33.3 Å². The van der Waals surface area contributed by atoms with Gasteiger partial charge in [0.1, 0.15) is 17.4 Å². The molecule has 0 aliphatic carbocycles. The highest BCUT2D eigenvalue weighted by Crippen LogP contribution is 2.40. The first-order valence-electron chi connectivity index (χ1n) is 11.5. The molecule has 0 unspecified atom stereocenters. The molecule has 0 saturated carbocycles. The lowest BCUT2D eigenvalue weighted by Gasteiger charge is -2.30. The van der Waals surface area contributed by atoms with E-state index in [0.29, 0.717) is 11.6 Å². The number of hydrogen-bond acceptors (Lipinski definition) is 5. The minimum Gasteiger partial charge on any atom is -0.344 e. The largest absolute Gasteiger partial charge is 0.344 e. The minimum absolute atomic E-state index is 0.467. The summed E-state index contributed by atoms with van der Waals surface area (Å²) in [4.78, 5) is 8.53. The van der Waals surface area contributed by atoms with Crippen molar-refractivity contribution in [3.63, 3.8) is 0 Å². The Hall–Kier alpha value is -3.07. The molecule has 0 radical (unpaired) electrons. The molecule has 6 rings (SSSR count). The van der Waals surface area contributed by atoms with Gasteiger partial charge in [0.25, 0.3) is 0 Å². The molecule has 0 spiro atoms. The summed E-state index contributed by atoms with van der Waals surface area (Å²) >= 11 is 14.2. The summed E-state index contributed by atoms with van der Waals surface area (Å²) in [6.45, 7) is 6.12. The van der Waals surface area contributed by atoms with Gasteiger partial charge in [-0.3, -0.25) is 9.56 Å². The van der Waals surface area contributed by atoms with Crippen molar-refractivity contribution in [2.45, 2.75) is 33.4 Å². The zero-order valence-electron chi connectivity index (χ0n) is 19.4. The summed E-state index contributed by atoms with van der Waals surface area (Å²) in [6.07, 6.45) is 0.872. The van der Waals surface area contributed by atoms with Gasteiger partial charge in [-0.1, -0.05) is 47.5 Å². The number of nitrogens with zero attached hydrogens (tertiary/aromatic N) is 5. The number of hydrogen-bond donors (Lipinski definition) is 1. The number of benzene rings is 2. The van der Waals surface area contributed by atoms with Gasteiger partial charge in [-0.25, -0.2) is 0 Å². The molecular formula is C26H23ClN6S2. The van der Waals surface area contributed by atoms with Gasteiger partial charge in [0.05, 0.1) is 12.3 Å². The lowest BCUT2D eigenvalue weighted by atomic mass is 9.95. The third-order valence-electron chi connectivity index (χ3n) is 6.47. The molecule has 2 aliphatic rings. The molecule has 0 amide bonds. The lowest BCUT2D eigenvalue weighted by molar-refractivity contribution is 0.405. The van der Waals surface area contributed by atoms with Crippen LogP contribution in [0.25, 0.3) is 5.00 Å². The van der Waals surface area contributed by atoms with Gasteiger partial charge in [0.15, 0.2) is 10.9 Å². The van der Waals surface area contributed by atoms with Crippen molar-refractivity contribution < 1.29 is 0 Å². The highest BCUT2D eigenvalue weighted by molar-refractivity contribution is 7.80.